The molecule has 0 saturated heterocycles. The minimum atomic E-state index is 0.814. The smallest absolute Gasteiger partial charge is 0.0998 e. The first-order valence-corrected chi connectivity index (χ1v) is 7.33. The predicted octanol–water partition coefficient (Wildman–Crippen LogP) is 2.37. The Bertz CT molecular complexity index is 473. The first-order chi connectivity index (χ1) is 9.40. The number of aromatic nitrogens is 2. The third kappa shape index (κ3) is 4.70. The van der Waals surface area contributed by atoms with Crippen LogP contribution in [0.5, 0.6) is 0 Å². The Morgan fingerprint density at radius 1 is 1.26 bits per heavy atom. The maximum atomic E-state index is 5.00. The minimum Gasteiger partial charge on any atom is -0.385 e. The Labute approximate surface area is 117 Å². The maximum Gasteiger partial charge on any atom is 0.0998 e. The molecule has 4 nitrogen and oxygen atoms in total. The van der Waals surface area contributed by atoms with Crippen molar-refractivity contribution in [2.75, 3.05) is 26.8 Å². The van der Waals surface area contributed by atoms with Gasteiger partial charge in [-0.25, -0.2) is 4.98 Å². The second-order valence-electron chi connectivity index (χ2n) is 4.19. The minimum absolute atomic E-state index is 0.814. The number of hydrogen-bond acceptors (Lipinski definition) is 5. The lowest BCUT2D eigenvalue weighted by Gasteiger charge is -2.02. The maximum absolute atomic E-state index is 5.00. The van der Waals surface area contributed by atoms with Crippen molar-refractivity contribution in [1.29, 1.82) is 0 Å². The van der Waals surface area contributed by atoms with Gasteiger partial charge >= 0.3 is 0 Å². The summed E-state index contributed by atoms with van der Waals surface area (Å²) in [5.74, 6) is 0. The number of nitrogens with zero attached hydrogens (tertiary/aromatic N) is 2. The van der Waals surface area contributed by atoms with E-state index < -0.39 is 0 Å². The molecular weight excluding hydrogens is 258 g/mol. The van der Waals surface area contributed by atoms with E-state index in [1.54, 1.807) is 24.6 Å². The summed E-state index contributed by atoms with van der Waals surface area (Å²) in [6.07, 6.45) is 3.81. The van der Waals surface area contributed by atoms with Crippen molar-refractivity contribution < 1.29 is 4.74 Å². The quantitative estimate of drug-likeness (QED) is 0.753. The summed E-state index contributed by atoms with van der Waals surface area (Å²) in [7, 11) is 1.73. The molecule has 5 heteroatoms. The average Bonchev–Trinajstić information content (AvgIpc) is 2.92. The van der Waals surface area contributed by atoms with Crippen LogP contribution in [-0.2, 0) is 11.2 Å². The summed E-state index contributed by atoms with van der Waals surface area (Å²) in [4.78, 5) is 8.91. The average molecular weight is 277 g/mol. The molecule has 0 aromatic carbocycles. The first-order valence-electron chi connectivity index (χ1n) is 6.45. The molecule has 19 heavy (non-hydrogen) atoms. The second-order valence-corrected chi connectivity index (χ2v) is 5.13. The fourth-order valence-electron chi connectivity index (χ4n) is 1.72. The molecule has 2 rings (SSSR count). The molecule has 2 aromatic rings. The van der Waals surface area contributed by atoms with Gasteiger partial charge in [0.15, 0.2) is 0 Å². The topological polar surface area (TPSA) is 47.0 Å². The van der Waals surface area contributed by atoms with Gasteiger partial charge in [-0.15, -0.1) is 11.3 Å². The van der Waals surface area contributed by atoms with Crippen LogP contribution >= 0.6 is 11.3 Å². The molecule has 0 aliphatic carbocycles. The van der Waals surface area contributed by atoms with Crippen LogP contribution in [-0.4, -0.2) is 36.8 Å². The van der Waals surface area contributed by atoms with Gasteiger partial charge in [-0.2, -0.15) is 0 Å². The van der Waals surface area contributed by atoms with Crippen LogP contribution < -0.4 is 5.32 Å². The van der Waals surface area contributed by atoms with E-state index in [-0.39, 0.29) is 0 Å². The first kappa shape index (κ1) is 14.1. The Morgan fingerprint density at radius 3 is 3.00 bits per heavy atom. The van der Waals surface area contributed by atoms with Crippen molar-refractivity contribution in [3.63, 3.8) is 0 Å². The SMILES string of the molecule is COCCCNCCc1nc(-c2ccccn2)cs1. The molecule has 0 radical (unpaired) electrons. The van der Waals surface area contributed by atoms with E-state index in [0.29, 0.717) is 0 Å². The summed E-state index contributed by atoms with van der Waals surface area (Å²) in [6.45, 7) is 2.76. The standard InChI is InChI=1S/C14H19N3OS/c1-18-10-4-7-15-9-6-14-17-13(11-19-14)12-5-2-3-8-16-12/h2-3,5,8,11,15H,4,6-7,9-10H2,1H3. The fraction of sp³-hybridized carbons (Fsp3) is 0.429. The number of thiazole rings is 1. The van der Waals surface area contributed by atoms with Gasteiger partial charge in [-0.3, -0.25) is 4.98 Å². The van der Waals surface area contributed by atoms with Gasteiger partial charge in [-0.1, -0.05) is 6.07 Å². The van der Waals surface area contributed by atoms with E-state index >= 15 is 0 Å². The van der Waals surface area contributed by atoms with E-state index in [2.05, 4.69) is 20.7 Å². The van der Waals surface area contributed by atoms with E-state index in [0.717, 1.165) is 48.9 Å². The predicted molar refractivity (Wildman–Crippen MR) is 78.4 cm³/mol. The van der Waals surface area contributed by atoms with E-state index in [1.807, 2.05) is 18.2 Å². The molecule has 0 aliphatic heterocycles. The zero-order valence-electron chi connectivity index (χ0n) is 11.1. The molecule has 0 unspecified atom stereocenters. The van der Waals surface area contributed by atoms with Gasteiger partial charge in [0.1, 0.15) is 0 Å². The van der Waals surface area contributed by atoms with Crippen LogP contribution in [0.3, 0.4) is 0 Å². The highest BCUT2D eigenvalue weighted by Gasteiger charge is 2.04. The molecule has 0 amide bonds. The Hall–Kier alpha value is -1.30. The van der Waals surface area contributed by atoms with Gasteiger partial charge in [-0.05, 0) is 25.1 Å². The van der Waals surface area contributed by atoms with Gasteiger partial charge in [0.25, 0.3) is 0 Å². The molecule has 2 aromatic heterocycles. The normalized spacial score (nSPS) is 10.8. The molecule has 0 atom stereocenters. The lowest BCUT2D eigenvalue weighted by molar-refractivity contribution is 0.194. The Kier molecular flexibility index (Phi) is 5.94. The number of nitrogens with one attached hydrogen (secondary N) is 1. The van der Waals surface area contributed by atoms with Crippen molar-refractivity contribution in [2.24, 2.45) is 0 Å². The summed E-state index contributed by atoms with van der Waals surface area (Å²) < 4.78 is 5.00. The molecule has 0 spiro atoms. The van der Waals surface area contributed by atoms with Gasteiger partial charge in [0.05, 0.1) is 16.4 Å². The Morgan fingerprint density at radius 2 is 2.21 bits per heavy atom. The molecule has 0 aliphatic rings. The van der Waals surface area contributed by atoms with Crippen molar-refractivity contribution in [1.82, 2.24) is 15.3 Å². The number of hydrogen-bond donors (Lipinski definition) is 1. The van der Waals surface area contributed by atoms with Crippen molar-refractivity contribution in [3.8, 4) is 11.4 Å². The van der Waals surface area contributed by atoms with E-state index in [4.69, 9.17) is 4.74 Å². The highest BCUT2D eigenvalue weighted by atomic mass is 32.1. The number of pyridine rings is 1. The molecule has 2 heterocycles. The Balaban J connectivity index is 1.75. The summed E-state index contributed by atoms with van der Waals surface area (Å²) in [6, 6.07) is 5.89. The highest BCUT2D eigenvalue weighted by Crippen LogP contribution is 2.19. The second kappa shape index (κ2) is 7.99. The van der Waals surface area contributed by atoms with E-state index in [1.165, 1.54) is 0 Å². The van der Waals surface area contributed by atoms with Crippen molar-refractivity contribution in [2.45, 2.75) is 12.8 Å². The molecule has 0 saturated carbocycles. The summed E-state index contributed by atoms with van der Waals surface area (Å²) in [5, 5.41) is 6.61. The number of rotatable bonds is 8. The van der Waals surface area contributed by atoms with Crippen LogP contribution in [0, 0.1) is 0 Å². The molecule has 1 N–H and O–H groups in total. The number of ether oxygens (including phenoxy) is 1. The third-order valence-electron chi connectivity index (χ3n) is 2.70. The van der Waals surface area contributed by atoms with Crippen molar-refractivity contribution in [3.05, 3.63) is 34.8 Å². The fourth-order valence-corrected chi connectivity index (χ4v) is 2.51. The monoisotopic (exact) mass is 277 g/mol. The van der Waals surface area contributed by atoms with Gasteiger partial charge < -0.3 is 10.1 Å². The van der Waals surface area contributed by atoms with E-state index in [9.17, 15) is 0 Å². The van der Waals surface area contributed by atoms with Gasteiger partial charge in [0, 0.05) is 38.3 Å². The third-order valence-corrected chi connectivity index (χ3v) is 3.61. The lowest BCUT2D eigenvalue weighted by Crippen LogP contribution is -2.19. The molecule has 0 bridgehead atoms. The van der Waals surface area contributed by atoms with Crippen LogP contribution in [0.4, 0.5) is 0 Å². The van der Waals surface area contributed by atoms with Crippen LogP contribution in [0.25, 0.3) is 11.4 Å². The van der Waals surface area contributed by atoms with Crippen LogP contribution in [0.15, 0.2) is 29.8 Å². The van der Waals surface area contributed by atoms with Crippen LogP contribution in [0.1, 0.15) is 11.4 Å². The summed E-state index contributed by atoms with van der Waals surface area (Å²) in [5.41, 5.74) is 1.91. The number of methoxy groups -OCH3 is 1. The highest BCUT2D eigenvalue weighted by molar-refractivity contribution is 7.09. The molecular formula is C14H19N3OS. The largest absolute Gasteiger partial charge is 0.385 e. The molecule has 0 fully saturated rings. The zero-order valence-corrected chi connectivity index (χ0v) is 11.9. The zero-order chi connectivity index (χ0) is 13.3. The van der Waals surface area contributed by atoms with Crippen molar-refractivity contribution >= 4 is 11.3 Å². The summed E-state index contributed by atoms with van der Waals surface area (Å²) >= 11 is 1.70. The van der Waals surface area contributed by atoms with Crippen LogP contribution in [0.2, 0.25) is 0 Å². The molecule has 102 valence electrons. The lowest BCUT2D eigenvalue weighted by atomic mass is 10.3. The van der Waals surface area contributed by atoms with Gasteiger partial charge in [0.2, 0.25) is 0 Å².